The van der Waals surface area contributed by atoms with E-state index in [0.29, 0.717) is 24.7 Å². The molecule has 2 aromatic rings. The lowest BCUT2D eigenvalue weighted by atomic mass is 10.1. The fourth-order valence-corrected chi connectivity index (χ4v) is 3.05. The van der Waals surface area contributed by atoms with E-state index in [1.54, 1.807) is 13.0 Å². The quantitative estimate of drug-likeness (QED) is 0.654. The third-order valence-electron chi connectivity index (χ3n) is 4.26. The normalized spacial score (nSPS) is 17.0. The van der Waals surface area contributed by atoms with Crippen molar-refractivity contribution < 1.29 is 17.9 Å². The Hall–Kier alpha value is -1.90. The summed E-state index contributed by atoms with van der Waals surface area (Å²) in [7, 11) is 0. The van der Waals surface area contributed by atoms with Gasteiger partial charge in [0.15, 0.2) is 0 Å². The molecule has 3 rings (SSSR count). The van der Waals surface area contributed by atoms with Crippen molar-refractivity contribution in [1.82, 2.24) is 19.6 Å². The van der Waals surface area contributed by atoms with Crippen LogP contribution >= 0.6 is 0 Å². The lowest BCUT2D eigenvalue weighted by Crippen LogP contribution is -2.18. The van der Waals surface area contributed by atoms with Crippen molar-refractivity contribution in [2.45, 2.75) is 57.7 Å². The minimum Gasteiger partial charge on any atom is -0.376 e. The molecule has 0 bridgehead atoms. The first-order chi connectivity index (χ1) is 11.9. The highest BCUT2D eigenvalue weighted by Crippen LogP contribution is 2.27. The monoisotopic (exact) mass is 357 g/mol. The number of fused-ring (bicyclic) bond motifs is 1. The van der Waals surface area contributed by atoms with Gasteiger partial charge in [0.25, 0.3) is 11.6 Å². The average molecular weight is 357 g/mol. The van der Waals surface area contributed by atoms with Crippen molar-refractivity contribution in [3.63, 3.8) is 0 Å². The highest BCUT2D eigenvalue weighted by Gasteiger charge is 2.36. The first-order valence-corrected chi connectivity index (χ1v) is 8.60. The number of rotatable bonds is 5. The van der Waals surface area contributed by atoms with Crippen LogP contribution in [0.5, 0.6) is 0 Å². The fourth-order valence-electron chi connectivity index (χ4n) is 3.05. The van der Waals surface area contributed by atoms with Crippen LogP contribution in [0.4, 0.5) is 19.0 Å². The SMILES string of the molecule is Cc1cc(NCCOC2CCCCCC2)n2nc(C(F)(F)F)nc2n1. The Morgan fingerprint density at radius 3 is 2.60 bits per heavy atom. The average Bonchev–Trinajstić information content (AvgIpc) is 2.81. The largest absolute Gasteiger partial charge is 0.453 e. The first-order valence-electron chi connectivity index (χ1n) is 8.60. The van der Waals surface area contributed by atoms with E-state index in [9.17, 15) is 13.2 Å². The molecule has 0 unspecified atom stereocenters. The number of aromatic nitrogens is 4. The Balaban J connectivity index is 1.63. The number of alkyl halides is 3. The number of hydrogen-bond acceptors (Lipinski definition) is 5. The number of ether oxygens (including phenoxy) is 1. The Morgan fingerprint density at radius 1 is 1.20 bits per heavy atom. The summed E-state index contributed by atoms with van der Waals surface area (Å²) in [5.41, 5.74) is 0.570. The third kappa shape index (κ3) is 4.59. The molecule has 1 saturated carbocycles. The third-order valence-corrected chi connectivity index (χ3v) is 4.26. The number of aryl methyl sites for hydroxylation is 1. The van der Waals surface area contributed by atoms with Crippen molar-refractivity contribution in [2.75, 3.05) is 18.5 Å². The molecule has 1 fully saturated rings. The molecule has 0 saturated heterocycles. The number of nitrogens with zero attached hydrogens (tertiary/aromatic N) is 4. The molecule has 6 nitrogen and oxygen atoms in total. The van der Waals surface area contributed by atoms with Crippen LogP contribution in [-0.2, 0) is 10.9 Å². The van der Waals surface area contributed by atoms with Crippen molar-refractivity contribution in [3.8, 4) is 0 Å². The van der Waals surface area contributed by atoms with Crippen LogP contribution in [0.15, 0.2) is 6.07 Å². The van der Waals surface area contributed by atoms with Gasteiger partial charge in [-0.2, -0.15) is 22.7 Å². The van der Waals surface area contributed by atoms with Crippen LogP contribution in [0.25, 0.3) is 5.78 Å². The van der Waals surface area contributed by atoms with Crippen LogP contribution in [0.2, 0.25) is 0 Å². The molecular formula is C16H22F3N5O. The van der Waals surface area contributed by atoms with Gasteiger partial charge in [0.1, 0.15) is 5.82 Å². The number of hydrogen-bond donors (Lipinski definition) is 1. The maximum Gasteiger partial charge on any atom is 0.453 e. The van der Waals surface area contributed by atoms with E-state index in [1.807, 2.05) is 0 Å². The molecule has 0 atom stereocenters. The maximum absolute atomic E-state index is 12.8. The molecule has 1 aliphatic rings. The predicted molar refractivity (Wildman–Crippen MR) is 86.5 cm³/mol. The van der Waals surface area contributed by atoms with Crippen molar-refractivity contribution >= 4 is 11.6 Å². The standard InChI is InChI=1S/C16H22F3N5O/c1-11-10-13(20-8-9-25-12-6-4-2-3-5-7-12)24-15(21-11)22-14(23-24)16(17,18)19/h10,12,20H,2-9H2,1H3. The molecule has 9 heteroatoms. The van der Waals surface area contributed by atoms with Gasteiger partial charge in [-0.3, -0.25) is 0 Å². The summed E-state index contributed by atoms with van der Waals surface area (Å²) in [6, 6.07) is 1.65. The zero-order chi connectivity index (χ0) is 17.9. The van der Waals surface area contributed by atoms with E-state index in [0.717, 1.165) is 17.4 Å². The number of nitrogens with one attached hydrogen (secondary N) is 1. The van der Waals surface area contributed by atoms with Crippen molar-refractivity contribution in [1.29, 1.82) is 0 Å². The Bertz CT molecular complexity index is 708. The van der Waals surface area contributed by atoms with Gasteiger partial charge in [-0.25, -0.2) is 4.98 Å². The van der Waals surface area contributed by atoms with Crippen molar-refractivity contribution in [2.24, 2.45) is 0 Å². The summed E-state index contributed by atoms with van der Waals surface area (Å²) in [4.78, 5) is 7.46. The van der Waals surface area contributed by atoms with Gasteiger partial charge in [0.05, 0.1) is 12.7 Å². The van der Waals surface area contributed by atoms with Gasteiger partial charge < -0.3 is 10.1 Å². The zero-order valence-electron chi connectivity index (χ0n) is 14.1. The minimum absolute atomic E-state index is 0.0699. The topological polar surface area (TPSA) is 64.3 Å². The highest BCUT2D eigenvalue weighted by atomic mass is 19.4. The van der Waals surface area contributed by atoms with Crippen LogP contribution in [-0.4, -0.2) is 38.8 Å². The van der Waals surface area contributed by atoms with Crippen LogP contribution < -0.4 is 5.32 Å². The van der Waals surface area contributed by atoms with Crippen LogP contribution in [0, 0.1) is 6.92 Å². The van der Waals surface area contributed by atoms with Gasteiger partial charge in [0, 0.05) is 18.3 Å². The molecule has 0 aliphatic heterocycles. The summed E-state index contributed by atoms with van der Waals surface area (Å²) < 4.78 is 45.4. The summed E-state index contributed by atoms with van der Waals surface area (Å²) in [6.45, 7) is 2.68. The molecule has 1 aliphatic carbocycles. The number of anilines is 1. The molecule has 0 aromatic carbocycles. The number of halogens is 3. The molecule has 2 heterocycles. The van der Waals surface area contributed by atoms with Gasteiger partial charge in [-0.15, -0.1) is 5.10 Å². The van der Waals surface area contributed by atoms with Gasteiger partial charge in [-0.1, -0.05) is 25.7 Å². The summed E-state index contributed by atoms with van der Waals surface area (Å²) in [6.07, 6.45) is 2.77. The summed E-state index contributed by atoms with van der Waals surface area (Å²) in [5, 5.41) is 6.60. The second-order valence-electron chi connectivity index (χ2n) is 6.34. The lowest BCUT2D eigenvalue weighted by molar-refractivity contribution is -0.144. The van der Waals surface area contributed by atoms with E-state index in [-0.39, 0.29) is 11.9 Å². The Labute approximate surface area is 143 Å². The molecule has 0 radical (unpaired) electrons. The van der Waals surface area contributed by atoms with Crippen molar-refractivity contribution in [3.05, 3.63) is 17.6 Å². The molecule has 0 spiro atoms. The fraction of sp³-hybridized carbons (Fsp3) is 0.688. The molecule has 138 valence electrons. The molecule has 2 aromatic heterocycles. The van der Waals surface area contributed by atoms with E-state index < -0.39 is 12.0 Å². The summed E-state index contributed by atoms with van der Waals surface area (Å²) >= 11 is 0. The first kappa shape index (κ1) is 17.9. The maximum atomic E-state index is 12.8. The second-order valence-corrected chi connectivity index (χ2v) is 6.34. The predicted octanol–water partition coefficient (Wildman–Crippen LogP) is 3.60. The van der Waals surface area contributed by atoms with Gasteiger partial charge in [0.2, 0.25) is 0 Å². The van der Waals surface area contributed by atoms with Crippen LogP contribution in [0.1, 0.15) is 50.0 Å². The lowest BCUT2D eigenvalue weighted by Gasteiger charge is -2.16. The zero-order valence-corrected chi connectivity index (χ0v) is 14.1. The minimum atomic E-state index is -4.60. The Kier molecular flexibility index (Phi) is 5.41. The van der Waals surface area contributed by atoms with E-state index in [4.69, 9.17) is 4.74 Å². The van der Waals surface area contributed by atoms with E-state index in [2.05, 4.69) is 20.4 Å². The van der Waals surface area contributed by atoms with Gasteiger partial charge in [-0.05, 0) is 19.8 Å². The molecule has 0 amide bonds. The smallest absolute Gasteiger partial charge is 0.376 e. The van der Waals surface area contributed by atoms with Gasteiger partial charge >= 0.3 is 6.18 Å². The van der Waals surface area contributed by atoms with Crippen LogP contribution in [0.3, 0.4) is 0 Å². The highest BCUT2D eigenvalue weighted by molar-refractivity contribution is 5.45. The van der Waals surface area contributed by atoms with E-state index >= 15 is 0 Å². The second kappa shape index (κ2) is 7.55. The summed E-state index contributed by atoms with van der Waals surface area (Å²) in [5.74, 6) is -0.835. The molecule has 1 N–H and O–H groups in total. The molecule has 25 heavy (non-hydrogen) atoms. The Morgan fingerprint density at radius 2 is 1.92 bits per heavy atom. The molecular weight excluding hydrogens is 335 g/mol. The van der Waals surface area contributed by atoms with E-state index in [1.165, 1.54) is 25.7 Å².